The number of Topliss-reactive ketones (excluding diaryl/α,β-unsaturated/α-hetero) is 2. The van der Waals surface area contributed by atoms with Crippen molar-refractivity contribution in [2.45, 2.75) is 313 Å². The van der Waals surface area contributed by atoms with Crippen LogP contribution in [0.2, 0.25) is 11.6 Å². The second-order valence-corrected chi connectivity index (χ2v) is 42.9. The molecule has 4 saturated heterocycles. The highest BCUT2D eigenvalue weighted by Gasteiger charge is 2.70. The first-order valence-corrected chi connectivity index (χ1v) is 46.0. The third kappa shape index (κ3) is 24.9. The summed E-state index contributed by atoms with van der Waals surface area (Å²) in [6.45, 7) is 44.8. The van der Waals surface area contributed by atoms with E-state index in [2.05, 4.69) is 62.1 Å². The van der Waals surface area contributed by atoms with Gasteiger partial charge < -0.3 is 72.2 Å². The second-order valence-electron chi connectivity index (χ2n) is 40.7. The van der Waals surface area contributed by atoms with Crippen molar-refractivity contribution in [3.05, 3.63) is 90.8 Å². The molecule has 0 radical (unpaired) electrons. The number of piperazine rings is 2. The van der Waals surface area contributed by atoms with Crippen LogP contribution in [-0.4, -0.2) is 225 Å². The Labute approximate surface area is 778 Å². The summed E-state index contributed by atoms with van der Waals surface area (Å²) in [6.07, 6.45) is 2.47. The Balaban J connectivity index is 0.000000278. The van der Waals surface area contributed by atoms with E-state index in [4.69, 9.17) is 63.4 Å². The van der Waals surface area contributed by atoms with Crippen molar-refractivity contribution < 1.29 is 114 Å². The quantitative estimate of drug-likeness (QED) is 0.0147. The molecule has 6 saturated carbocycles. The molecule has 4 aromatic rings. The monoisotopic (exact) mass is 1870 g/mol. The molecule has 10 aliphatic rings. The minimum absolute atomic E-state index is 0. The van der Waals surface area contributed by atoms with Crippen LogP contribution in [0, 0.1) is 34.5 Å². The van der Waals surface area contributed by atoms with Crippen molar-refractivity contribution >= 4 is 125 Å². The topological polar surface area (TPSA) is 386 Å². The van der Waals surface area contributed by atoms with Crippen LogP contribution in [0.4, 0.5) is 14.4 Å². The number of benzene rings is 2. The summed E-state index contributed by atoms with van der Waals surface area (Å²) in [5.41, 5.74) is -2.52. The number of urea groups is 1. The van der Waals surface area contributed by atoms with E-state index >= 15 is 0 Å². The Kier molecular flexibility index (Phi) is 33.8. The van der Waals surface area contributed by atoms with E-state index < -0.39 is 148 Å². The van der Waals surface area contributed by atoms with E-state index in [1.807, 2.05) is 12.1 Å². The Morgan fingerprint density at radius 2 is 0.869 bits per heavy atom. The van der Waals surface area contributed by atoms with E-state index in [0.29, 0.717) is 64.1 Å². The van der Waals surface area contributed by atoms with Crippen LogP contribution in [0.15, 0.2) is 47.2 Å². The fraction of sp³-hybridized carbons (Fsp3) is 0.667. The average molecular weight is 1870 g/mol. The minimum atomic E-state index is -1.39. The predicted octanol–water partition coefficient (Wildman–Crippen LogP) is 14.9. The molecule has 716 valence electrons. The van der Waals surface area contributed by atoms with Crippen LogP contribution in [0.5, 0.6) is 11.5 Å². The van der Waals surface area contributed by atoms with Gasteiger partial charge in [-0.15, -0.1) is 22.7 Å². The van der Waals surface area contributed by atoms with Crippen molar-refractivity contribution in [1.29, 1.82) is 0 Å². The van der Waals surface area contributed by atoms with Gasteiger partial charge in [0.1, 0.15) is 72.7 Å². The van der Waals surface area contributed by atoms with Gasteiger partial charge >= 0.3 is 79.2 Å². The van der Waals surface area contributed by atoms with E-state index in [1.165, 1.54) is 35.4 Å². The predicted molar refractivity (Wildman–Crippen MR) is 490 cm³/mol. The Morgan fingerprint density at radius 3 is 1.22 bits per heavy atom. The number of alkyl carbamates (subject to hydrolysis) is 1. The molecule has 37 heteroatoms. The molecule has 4 bridgehead atoms. The summed E-state index contributed by atoms with van der Waals surface area (Å²) in [4.78, 5) is 181. The maximum Gasteiger partial charge on any atom is 0.461 e. The molecule has 6 heterocycles. The van der Waals surface area contributed by atoms with Gasteiger partial charge in [0.15, 0.2) is 11.6 Å². The number of imide groups is 2. The summed E-state index contributed by atoms with van der Waals surface area (Å²) in [6, 6.07) is 6.91. The summed E-state index contributed by atoms with van der Waals surface area (Å²) < 4.78 is 67.0. The summed E-state index contributed by atoms with van der Waals surface area (Å²) in [5, 5.41) is 8.61. The lowest BCUT2D eigenvalue weighted by Crippen LogP contribution is -2.65. The van der Waals surface area contributed by atoms with Gasteiger partial charge in [-0.2, -0.15) is 0 Å². The van der Waals surface area contributed by atoms with E-state index in [0.717, 1.165) is 46.8 Å². The number of carbonyl (C=O) groups is 13. The van der Waals surface area contributed by atoms with Crippen LogP contribution >= 0.6 is 34.3 Å². The number of carbonyl (C=O) groups excluding carboxylic acids is 13. The number of hydrogen-bond acceptors (Lipinski definition) is 28. The number of methoxy groups -OCH3 is 2. The normalized spacial score (nSPS) is 23.4. The average Bonchev–Trinajstić information content (AvgIpc) is 1.47. The number of ketones is 2. The second kappa shape index (κ2) is 41.3. The van der Waals surface area contributed by atoms with Crippen LogP contribution < -0.4 is 20.1 Å². The summed E-state index contributed by atoms with van der Waals surface area (Å²) >= 11 is 7.43. The molecule has 4 aliphatic heterocycles. The maximum absolute atomic E-state index is 14.9. The summed E-state index contributed by atoms with van der Waals surface area (Å²) in [7, 11) is 1.34. The molecule has 2 aromatic carbocycles. The third-order valence-electron chi connectivity index (χ3n) is 25.0. The third-order valence-corrected chi connectivity index (χ3v) is 26.9. The Hall–Kier alpha value is -8.93. The number of halogens is 1. The number of hydrogen-bond donors (Lipinski definition) is 2. The SMILES string of the molecule is C.C.CCN1CCN(C(=O)Cl)C(=O)C1=O.CCN1CCN(C(=O)NC(C(=O)C[C@@H](Cc2cccc(C(=O)OC(C)(C)C)c2OC)B2O[C@@H]3C[C@@H]4C[C@@H](C4(C)C)[C@]3(C)O2)c2csc(CC(=O)OC(C)(C)C)n2)C(=O)C1=O.COc1c(C[C@H](CC(=O)C(NC(=O)OC(C)(C)C)c2csc(CC(=O)OC(C)(C)C)n2)B2O[C@@H]3C[C@@H]4C[C@@H](C4(C)C)[C@]3(C)O2)cccc1C(=O)OC(C)(C)C. The summed E-state index contributed by atoms with van der Waals surface area (Å²) in [5.74, 6) is -5.31. The number of esters is 4. The molecule has 130 heavy (non-hydrogen) atoms. The van der Waals surface area contributed by atoms with Crippen molar-refractivity contribution in [2.75, 3.05) is 53.5 Å². The Bertz CT molecular complexity index is 4870. The van der Waals surface area contributed by atoms with Gasteiger partial charge in [-0.25, -0.2) is 29.1 Å². The maximum atomic E-state index is 14.9. The van der Waals surface area contributed by atoms with Crippen molar-refractivity contribution in [3.63, 3.8) is 0 Å². The number of para-hydroxylation sites is 2. The highest BCUT2D eigenvalue weighted by Crippen LogP contribution is 2.68. The molecular formula is C93H135B2ClN8O24S2. The minimum Gasteiger partial charge on any atom is -0.496 e. The van der Waals surface area contributed by atoms with Crippen molar-refractivity contribution in [3.8, 4) is 11.5 Å². The molecule has 12 atom stereocenters. The molecule has 2 unspecified atom stereocenters. The fourth-order valence-electron chi connectivity index (χ4n) is 18.7. The molecular weight excluding hydrogens is 1730 g/mol. The van der Waals surface area contributed by atoms with Crippen molar-refractivity contribution in [2.24, 2.45) is 34.5 Å². The first kappa shape index (κ1) is 106. The van der Waals surface area contributed by atoms with Crippen LogP contribution in [0.3, 0.4) is 0 Å². The molecule has 2 aromatic heterocycles. The number of likely N-dealkylation sites (N-methyl/N-ethyl adjacent to an activating group) is 2. The standard InChI is InChI=1S/C43H59BN4O11S.C41H59BN2O10S.C7H9ClN2O3.2CH4/c1-12-47-16-17-48(37(52)36(47)51)39(54)46-34(28-23-60-32(45-28)22-33(50)56-40(2,3)4)29(49)21-26(44-58-31-20-25-19-30(42(25,8)9)43(31,10)59-44)18-24-14-13-15-27(35(24)55-11)38(53)57-41(5,6)7;1-37(2,3)50-32(46)21-31-43-27(22-55-31)33(44-36(48)52-39(7,8)9)28(45)20-25(42-53-30-19-24-18-29(40(24,10)11)41(30,12)54-42)17-23-15-14-16-26(34(23)49-13)35(47)51-38(4,5)6;1-2-9-3-4-10(7(8)13)6(12)5(9)11;;/h13-15,23,25-26,30-31,34H,12,16-22H2,1-11H3,(H,46,54);14-16,22,24-25,29-30,33H,17-21H2,1-13H3,(H,44,48);2-4H2,1H3;2*1H4/t25-,26+,30-,31+,34?,43-;24-,25+,29-,30+,33?,41-;;;/m00.../s1. The number of nitrogens with zero attached hydrogens (tertiary/aromatic N) is 6. The van der Waals surface area contributed by atoms with Gasteiger partial charge in [0, 0.05) is 74.5 Å². The van der Waals surface area contributed by atoms with Crippen molar-refractivity contribution in [1.82, 2.24) is 40.2 Å². The molecule has 32 nitrogen and oxygen atoms in total. The zero-order chi connectivity index (χ0) is 95.0. The fourth-order valence-corrected chi connectivity index (χ4v) is 20.4. The molecule has 2 N–H and O–H groups in total. The largest absolute Gasteiger partial charge is 0.496 e. The zero-order valence-corrected chi connectivity index (χ0v) is 80.9. The molecule has 10 fully saturated rings. The molecule has 8 amide bonds. The Morgan fingerprint density at radius 1 is 0.508 bits per heavy atom. The van der Waals surface area contributed by atoms with Crippen LogP contribution in [0.1, 0.15) is 278 Å². The van der Waals surface area contributed by atoms with Gasteiger partial charge in [0.2, 0.25) is 0 Å². The van der Waals surface area contributed by atoms with E-state index in [9.17, 15) is 62.3 Å². The lowest BCUT2D eigenvalue weighted by molar-refractivity contribution is -0.199. The lowest BCUT2D eigenvalue weighted by atomic mass is 9.43. The van der Waals surface area contributed by atoms with E-state index in [-0.39, 0.29) is 136 Å². The number of rotatable bonds is 26. The first-order valence-electron chi connectivity index (χ1n) is 43.9. The highest BCUT2D eigenvalue weighted by molar-refractivity contribution is 7.10. The van der Waals surface area contributed by atoms with E-state index in [1.54, 1.807) is 153 Å². The van der Waals surface area contributed by atoms with Gasteiger partial charge in [-0.1, -0.05) is 66.8 Å². The first-order chi connectivity index (χ1) is 59.3. The molecule has 0 spiro atoms. The number of ether oxygens (including phenoxy) is 7. The molecule has 14 rings (SSSR count). The number of thiazole rings is 2. The highest BCUT2D eigenvalue weighted by atomic mass is 35.5. The smallest absolute Gasteiger partial charge is 0.461 e. The number of aromatic nitrogens is 2. The van der Waals surface area contributed by atoms with Gasteiger partial charge in [0.25, 0.3) is 0 Å². The van der Waals surface area contributed by atoms with Crippen LogP contribution in [0.25, 0.3) is 0 Å². The van der Waals surface area contributed by atoms with Gasteiger partial charge in [-0.05, 0) is 239 Å². The van der Waals surface area contributed by atoms with Gasteiger partial charge in [-0.3, -0.25) is 53.0 Å². The van der Waals surface area contributed by atoms with Crippen LogP contribution in [-0.2, 0) is 106 Å². The number of nitrogens with one attached hydrogen (secondary N) is 2. The zero-order valence-electron chi connectivity index (χ0n) is 78.5. The number of amides is 8. The van der Waals surface area contributed by atoms with Gasteiger partial charge in [0.05, 0.1) is 61.9 Å². The lowest BCUT2D eigenvalue weighted by Gasteiger charge is -2.64. The molecule has 6 aliphatic carbocycles.